The number of aromatic amines is 1. The third-order valence-corrected chi connectivity index (χ3v) is 2.45. The molecule has 0 aliphatic heterocycles. The summed E-state index contributed by atoms with van der Waals surface area (Å²) in [6.45, 7) is 6.54. The zero-order valence-corrected chi connectivity index (χ0v) is 8.39. The number of hydrogen-bond donors (Lipinski definition) is 1. The Balaban J connectivity index is 0.000000980. The first-order chi connectivity index (χ1) is 6.16. The molecular formula is C12H17N. The molecule has 0 spiro atoms. The SMILES string of the molecule is Cc1cc2cc(C(C)C)ccc2[nH]1.[HH]. The van der Waals surface area contributed by atoms with Crippen LogP contribution in [0.4, 0.5) is 0 Å². The number of fused-ring (bicyclic) bond motifs is 1. The first-order valence-electron chi connectivity index (χ1n) is 4.76. The Morgan fingerprint density at radius 3 is 2.69 bits per heavy atom. The molecule has 0 aliphatic carbocycles. The maximum atomic E-state index is 3.32. The number of benzene rings is 1. The highest BCUT2D eigenvalue weighted by molar-refractivity contribution is 5.81. The van der Waals surface area contributed by atoms with E-state index in [1.165, 1.54) is 22.2 Å². The molecule has 1 aromatic carbocycles. The molecule has 0 fully saturated rings. The first-order valence-corrected chi connectivity index (χ1v) is 4.76. The summed E-state index contributed by atoms with van der Waals surface area (Å²) in [4.78, 5) is 3.32. The number of aryl methyl sites for hydroxylation is 1. The van der Waals surface area contributed by atoms with E-state index in [0.29, 0.717) is 5.92 Å². The average molecular weight is 175 g/mol. The number of nitrogens with one attached hydrogen (secondary N) is 1. The van der Waals surface area contributed by atoms with Gasteiger partial charge < -0.3 is 4.98 Å². The second-order valence-corrected chi connectivity index (χ2v) is 3.95. The van der Waals surface area contributed by atoms with E-state index in [1.54, 1.807) is 0 Å². The monoisotopic (exact) mass is 175 g/mol. The molecule has 0 amide bonds. The predicted octanol–water partition coefficient (Wildman–Crippen LogP) is 3.85. The molecule has 0 aliphatic rings. The summed E-state index contributed by atoms with van der Waals surface area (Å²) in [7, 11) is 0. The van der Waals surface area contributed by atoms with Crippen LogP contribution in [-0.4, -0.2) is 4.98 Å². The van der Waals surface area contributed by atoms with E-state index in [0.717, 1.165) is 0 Å². The molecule has 0 bridgehead atoms. The van der Waals surface area contributed by atoms with Crippen LogP contribution >= 0.6 is 0 Å². The number of H-pyrrole nitrogens is 1. The summed E-state index contributed by atoms with van der Waals surface area (Å²) in [5, 5.41) is 1.32. The van der Waals surface area contributed by atoms with Crippen molar-refractivity contribution in [2.75, 3.05) is 0 Å². The van der Waals surface area contributed by atoms with E-state index >= 15 is 0 Å². The van der Waals surface area contributed by atoms with Gasteiger partial charge in [-0.1, -0.05) is 19.9 Å². The van der Waals surface area contributed by atoms with Gasteiger partial charge in [-0.25, -0.2) is 0 Å². The first kappa shape index (κ1) is 8.36. The molecule has 1 heteroatoms. The van der Waals surface area contributed by atoms with E-state index < -0.39 is 0 Å². The van der Waals surface area contributed by atoms with E-state index in [2.05, 4.69) is 50.0 Å². The Morgan fingerprint density at radius 2 is 2.00 bits per heavy atom. The minimum Gasteiger partial charge on any atom is -0.359 e. The van der Waals surface area contributed by atoms with Gasteiger partial charge >= 0.3 is 0 Å². The lowest BCUT2D eigenvalue weighted by molar-refractivity contribution is 0.869. The van der Waals surface area contributed by atoms with Gasteiger partial charge in [0.25, 0.3) is 0 Å². The van der Waals surface area contributed by atoms with Crippen LogP contribution < -0.4 is 0 Å². The maximum Gasteiger partial charge on any atom is 0.0456 e. The van der Waals surface area contributed by atoms with Crippen LogP contribution in [0.1, 0.15) is 32.4 Å². The van der Waals surface area contributed by atoms with Crippen LogP contribution in [0.5, 0.6) is 0 Å². The van der Waals surface area contributed by atoms with Crippen molar-refractivity contribution in [3.63, 3.8) is 0 Å². The van der Waals surface area contributed by atoms with Crippen molar-refractivity contribution < 1.29 is 1.43 Å². The van der Waals surface area contributed by atoms with Gasteiger partial charge in [-0.2, -0.15) is 0 Å². The molecule has 1 nitrogen and oxygen atoms in total. The largest absolute Gasteiger partial charge is 0.359 e. The lowest BCUT2D eigenvalue weighted by Crippen LogP contribution is -1.85. The van der Waals surface area contributed by atoms with Gasteiger partial charge in [-0.05, 0) is 42.0 Å². The second-order valence-electron chi connectivity index (χ2n) is 3.95. The zero-order valence-electron chi connectivity index (χ0n) is 8.39. The fourth-order valence-electron chi connectivity index (χ4n) is 1.66. The third-order valence-electron chi connectivity index (χ3n) is 2.45. The van der Waals surface area contributed by atoms with Crippen LogP contribution in [-0.2, 0) is 0 Å². The highest BCUT2D eigenvalue weighted by Crippen LogP contribution is 2.21. The van der Waals surface area contributed by atoms with E-state index in [9.17, 15) is 0 Å². The smallest absolute Gasteiger partial charge is 0.0456 e. The Morgan fingerprint density at radius 1 is 1.23 bits per heavy atom. The summed E-state index contributed by atoms with van der Waals surface area (Å²) >= 11 is 0. The van der Waals surface area contributed by atoms with E-state index in [1.807, 2.05) is 0 Å². The van der Waals surface area contributed by atoms with Crippen molar-refractivity contribution in [3.05, 3.63) is 35.5 Å². The molecule has 0 radical (unpaired) electrons. The molecule has 2 rings (SSSR count). The second kappa shape index (κ2) is 2.91. The third kappa shape index (κ3) is 1.46. The summed E-state index contributed by atoms with van der Waals surface area (Å²) in [6, 6.07) is 8.82. The highest BCUT2D eigenvalue weighted by Gasteiger charge is 2.01. The van der Waals surface area contributed by atoms with Crippen LogP contribution in [0.2, 0.25) is 0 Å². The molecule has 1 N–H and O–H groups in total. The Hall–Kier alpha value is -1.24. The van der Waals surface area contributed by atoms with Gasteiger partial charge in [0.1, 0.15) is 0 Å². The lowest BCUT2D eigenvalue weighted by Gasteiger charge is -2.03. The van der Waals surface area contributed by atoms with Crippen molar-refractivity contribution in [2.24, 2.45) is 0 Å². The Labute approximate surface area is 80.3 Å². The van der Waals surface area contributed by atoms with Gasteiger partial charge in [0.05, 0.1) is 0 Å². The number of aromatic nitrogens is 1. The molecule has 0 saturated heterocycles. The Kier molecular flexibility index (Phi) is 1.87. The number of hydrogen-bond acceptors (Lipinski definition) is 0. The normalized spacial score (nSPS) is 11.4. The van der Waals surface area contributed by atoms with Gasteiger partial charge in [0.2, 0.25) is 0 Å². The quantitative estimate of drug-likeness (QED) is 0.677. The fourth-order valence-corrected chi connectivity index (χ4v) is 1.66. The van der Waals surface area contributed by atoms with E-state index in [-0.39, 0.29) is 1.43 Å². The van der Waals surface area contributed by atoms with Crippen LogP contribution in [0.15, 0.2) is 24.3 Å². The van der Waals surface area contributed by atoms with Gasteiger partial charge in [-0.15, -0.1) is 0 Å². The topological polar surface area (TPSA) is 15.8 Å². The van der Waals surface area contributed by atoms with Gasteiger partial charge in [0, 0.05) is 12.6 Å². The Bertz CT molecular complexity index is 429. The van der Waals surface area contributed by atoms with Crippen LogP contribution in [0, 0.1) is 6.92 Å². The molecule has 1 aromatic heterocycles. The van der Waals surface area contributed by atoms with Crippen LogP contribution in [0.3, 0.4) is 0 Å². The van der Waals surface area contributed by atoms with Gasteiger partial charge in [0.15, 0.2) is 0 Å². The minimum absolute atomic E-state index is 0. The standard InChI is InChI=1S/C12H15N.H2/c1-8(2)10-4-5-12-11(7-10)6-9(3)13-12;/h4-8,13H,1-3H3;1H. The summed E-state index contributed by atoms with van der Waals surface area (Å²) < 4.78 is 0. The van der Waals surface area contributed by atoms with Crippen molar-refractivity contribution in [1.29, 1.82) is 0 Å². The molecule has 0 unspecified atom stereocenters. The van der Waals surface area contributed by atoms with Crippen molar-refractivity contribution in [2.45, 2.75) is 26.7 Å². The highest BCUT2D eigenvalue weighted by atomic mass is 14.7. The molecule has 1 heterocycles. The molecule has 0 atom stereocenters. The van der Waals surface area contributed by atoms with Crippen molar-refractivity contribution >= 4 is 10.9 Å². The maximum absolute atomic E-state index is 3.32. The van der Waals surface area contributed by atoms with Crippen molar-refractivity contribution in [1.82, 2.24) is 4.98 Å². The molecule has 13 heavy (non-hydrogen) atoms. The summed E-state index contributed by atoms with van der Waals surface area (Å²) in [6.07, 6.45) is 0. The van der Waals surface area contributed by atoms with E-state index in [4.69, 9.17) is 0 Å². The summed E-state index contributed by atoms with van der Waals surface area (Å²) in [5.41, 5.74) is 3.88. The van der Waals surface area contributed by atoms with Crippen LogP contribution in [0.25, 0.3) is 10.9 Å². The zero-order chi connectivity index (χ0) is 9.42. The van der Waals surface area contributed by atoms with Crippen molar-refractivity contribution in [3.8, 4) is 0 Å². The predicted molar refractivity (Wildman–Crippen MR) is 59.2 cm³/mol. The average Bonchev–Trinajstić information content (AvgIpc) is 2.42. The number of rotatable bonds is 1. The molecular weight excluding hydrogens is 158 g/mol. The van der Waals surface area contributed by atoms with Gasteiger partial charge in [-0.3, -0.25) is 0 Å². The lowest BCUT2D eigenvalue weighted by atomic mass is 10.0. The summed E-state index contributed by atoms with van der Waals surface area (Å²) in [5.74, 6) is 0.611. The fraction of sp³-hybridized carbons (Fsp3) is 0.333. The molecule has 70 valence electrons. The molecule has 2 aromatic rings. The minimum atomic E-state index is 0. The molecule has 0 saturated carbocycles.